The molecular weight excluding hydrogens is 374 g/mol. The van der Waals surface area contributed by atoms with E-state index in [0.29, 0.717) is 29.7 Å². The van der Waals surface area contributed by atoms with Crippen LogP contribution in [0.15, 0.2) is 12.2 Å². The van der Waals surface area contributed by atoms with Crippen LogP contribution in [-0.2, 0) is 9.59 Å². The SMILES string of the molecule is CN(C)CCCNC(=O)[C@H]1CC[C@H]2[C@@H]3CC[C@H]4N(C)C(=O)C=C[C@]4(C)[C@H]3CC[C@]12C. The molecule has 3 saturated carbocycles. The Kier molecular flexibility index (Phi) is 5.80. The Morgan fingerprint density at radius 2 is 1.93 bits per heavy atom. The van der Waals surface area contributed by atoms with Crippen LogP contribution < -0.4 is 5.32 Å². The highest BCUT2D eigenvalue weighted by molar-refractivity contribution is 5.89. The molecule has 0 aromatic rings. The molecule has 3 aliphatic carbocycles. The summed E-state index contributed by atoms with van der Waals surface area (Å²) in [7, 11) is 6.13. The van der Waals surface area contributed by atoms with Gasteiger partial charge in [-0.3, -0.25) is 9.59 Å². The van der Waals surface area contributed by atoms with Gasteiger partial charge in [0.1, 0.15) is 0 Å². The van der Waals surface area contributed by atoms with E-state index in [0.717, 1.165) is 38.8 Å². The van der Waals surface area contributed by atoms with Crippen LogP contribution in [0.4, 0.5) is 0 Å². The molecule has 30 heavy (non-hydrogen) atoms. The van der Waals surface area contributed by atoms with E-state index in [4.69, 9.17) is 0 Å². The summed E-state index contributed by atoms with van der Waals surface area (Å²) in [6.07, 6.45) is 11.9. The third kappa shape index (κ3) is 3.41. The first-order valence-electron chi connectivity index (χ1n) is 12.1. The maximum absolute atomic E-state index is 13.1. The minimum atomic E-state index is 0.0828. The molecule has 168 valence electrons. The number of carbonyl (C=O) groups excluding carboxylic acids is 2. The molecule has 0 radical (unpaired) electrons. The Hall–Kier alpha value is -1.36. The van der Waals surface area contributed by atoms with Crippen LogP contribution in [0.1, 0.15) is 58.8 Å². The molecule has 0 saturated heterocycles. The fourth-order valence-corrected chi connectivity index (χ4v) is 7.90. The quantitative estimate of drug-likeness (QED) is 0.701. The molecule has 0 aromatic heterocycles. The van der Waals surface area contributed by atoms with Crippen LogP contribution in [0.2, 0.25) is 0 Å². The largest absolute Gasteiger partial charge is 0.356 e. The molecule has 0 unspecified atom stereocenters. The molecule has 2 amide bonds. The number of hydrogen-bond acceptors (Lipinski definition) is 3. The number of likely N-dealkylation sites (N-methyl/N-ethyl adjacent to an activating group) is 1. The van der Waals surface area contributed by atoms with Gasteiger partial charge in [-0.05, 0) is 94.8 Å². The van der Waals surface area contributed by atoms with E-state index in [-0.39, 0.29) is 22.7 Å². The van der Waals surface area contributed by atoms with Gasteiger partial charge in [0.25, 0.3) is 0 Å². The molecule has 5 heteroatoms. The van der Waals surface area contributed by atoms with Crippen LogP contribution in [-0.4, -0.2) is 61.9 Å². The van der Waals surface area contributed by atoms with Crippen molar-refractivity contribution in [1.82, 2.24) is 15.1 Å². The van der Waals surface area contributed by atoms with Gasteiger partial charge in [0.05, 0.1) is 0 Å². The van der Waals surface area contributed by atoms with Gasteiger partial charge < -0.3 is 15.1 Å². The number of nitrogens with one attached hydrogen (secondary N) is 1. The normalized spacial score (nSPS) is 42.7. The molecule has 0 bridgehead atoms. The van der Waals surface area contributed by atoms with Crippen LogP contribution >= 0.6 is 0 Å². The van der Waals surface area contributed by atoms with Crippen molar-refractivity contribution in [3.05, 3.63) is 12.2 Å². The summed E-state index contributed by atoms with van der Waals surface area (Å²) in [5.74, 6) is 2.57. The van der Waals surface area contributed by atoms with Crippen molar-refractivity contribution in [3.8, 4) is 0 Å². The van der Waals surface area contributed by atoms with Gasteiger partial charge in [-0.1, -0.05) is 19.9 Å². The Bertz CT molecular complexity index is 719. The lowest BCUT2D eigenvalue weighted by molar-refractivity contribution is -0.142. The minimum Gasteiger partial charge on any atom is -0.356 e. The van der Waals surface area contributed by atoms with Crippen molar-refractivity contribution in [1.29, 1.82) is 0 Å². The van der Waals surface area contributed by atoms with Gasteiger partial charge in [-0.2, -0.15) is 0 Å². The summed E-state index contributed by atoms with van der Waals surface area (Å²) >= 11 is 0. The molecule has 0 spiro atoms. The highest BCUT2D eigenvalue weighted by Crippen LogP contribution is 2.65. The summed E-state index contributed by atoms with van der Waals surface area (Å²) in [5.41, 5.74) is 0.218. The maximum Gasteiger partial charge on any atom is 0.246 e. The van der Waals surface area contributed by atoms with Crippen molar-refractivity contribution in [2.45, 2.75) is 64.8 Å². The fraction of sp³-hybridized carbons (Fsp3) is 0.840. The zero-order valence-electron chi connectivity index (χ0n) is 19.6. The molecule has 4 aliphatic rings. The molecule has 1 N–H and O–H groups in total. The lowest BCUT2D eigenvalue weighted by Gasteiger charge is -2.60. The van der Waals surface area contributed by atoms with Crippen molar-refractivity contribution in [2.75, 3.05) is 34.2 Å². The zero-order chi connectivity index (χ0) is 21.7. The number of carbonyl (C=O) groups is 2. The number of nitrogens with zero attached hydrogens (tertiary/aromatic N) is 2. The molecule has 5 nitrogen and oxygen atoms in total. The average Bonchev–Trinajstić information content (AvgIpc) is 3.05. The third-order valence-corrected chi connectivity index (χ3v) is 9.53. The van der Waals surface area contributed by atoms with Gasteiger partial charge in [-0.15, -0.1) is 0 Å². The predicted octanol–water partition coefficient (Wildman–Crippen LogP) is 3.31. The third-order valence-electron chi connectivity index (χ3n) is 9.53. The molecule has 3 fully saturated rings. The van der Waals surface area contributed by atoms with Crippen LogP contribution in [0.25, 0.3) is 0 Å². The number of hydrogen-bond donors (Lipinski definition) is 1. The Labute approximate surface area is 182 Å². The van der Waals surface area contributed by atoms with E-state index in [1.807, 2.05) is 18.0 Å². The van der Waals surface area contributed by atoms with E-state index < -0.39 is 0 Å². The van der Waals surface area contributed by atoms with E-state index in [2.05, 4.69) is 44.2 Å². The van der Waals surface area contributed by atoms with Gasteiger partial charge in [0.15, 0.2) is 0 Å². The summed E-state index contributed by atoms with van der Waals surface area (Å²) in [6, 6.07) is 0.331. The highest BCUT2D eigenvalue weighted by atomic mass is 16.2. The Morgan fingerprint density at radius 1 is 1.17 bits per heavy atom. The first-order chi connectivity index (χ1) is 14.2. The van der Waals surface area contributed by atoms with Crippen molar-refractivity contribution in [2.24, 2.45) is 34.5 Å². The van der Waals surface area contributed by atoms with E-state index >= 15 is 0 Å². The average molecular weight is 416 g/mol. The first kappa shape index (κ1) is 21.9. The van der Waals surface area contributed by atoms with Crippen LogP contribution in [0, 0.1) is 34.5 Å². The Morgan fingerprint density at radius 3 is 2.67 bits per heavy atom. The smallest absolute Gasteiger partial charge is 0.246 e. The maximum atomic E-state index is 13.1. The monoisotopic (exact) mass is 415 g/mol. The van der Waals surface area contributed by atoms with E-state index in [1.165, 1.54) is 19.3 Å². The topological polar surface area (TPSA) is 52.7 Å². The second-order valence-corrected chi connectivity index (χ2v) is 11.2. The molecule has 7 atom stereocenters. The minimum absolute atomic E-state index is 0.0828. The first-order valence-corrected chi connectivity index (χ1v) is 12.1. The predicted molar refractivity (Wildman–Crippen MR) is 120 cm³/mol. The van der Waals surface area contributed by atoms with Crippen molar-refractivity contribution >= 4 is 11.8 Å². The van der Waals surface area contributed by atoms with Gasteiger partial charge in [0.2, 0.25) is 11.8 Å². The van der Waals surface area contributed by atoms with Crippen LogP contribution in [0.3, 0.4) is 0 Å². The second kappa shape index (κ2) is 7.96. The number of rotatable bonds is 5. The van der Waals surface area contributed by atoms with E-state index in [9.17, 15) is 9.59 Å². The molecule has 4 rings (SSSR count). The van der Waals surface area contributed by atoms with Gasteiger partial charge in [-0.25, -0.2) is 0 Å². The van der Waals surface area contributed by atoms with Crippen molar-refractivity contribution in [3.63, 3.8) is 0 Å². The summed E-state index contributed by atoms with van der Waals surface area (Å²) < 4.78 is 0. The number of amides is 2. The standard InChI is InChI=1S/C25H41N3O2/c1-24-13-11-19-17(7-10-21-25(19,2)14-12-22(29)28(21)5)18(24)8-9-20(24)23(30)26-15-6-16-27(3)4/h12,14,17-21H,6-11,13,15-16H2,1-5H3,(H,26,30)/t17-,18-,19-,20+,21+,24-,25+/m0/s1. The summed E-state index contributed by atoms with van der Waals surface area (Å²) in [4.78, 5) is 29.5. The summed E-state index contributed by atoms with van der Waals surface area (Å²) in [5, 5.41) is 3.25. The molecule has 1 aliphatic heterocycles. The molecular formula is C25H41N3O2. The van der Waals surface area contributed by atoms with Crippen LogP contribution in [0.5, 0.6) is 0 Å². The zero-order valence-corrected chi connectivity index (χ0v) is 19.6. The second-order valence-electron chi connectivity index (χ2n) is 11.2. The Balaban J connectivity index is 1.47. The molecule has 1 heterocycles. The fourth-order valence-electron chi connectivity index (χ4n) is 7.90. The van der Waals surface area contributed by atoms with Crippen molar-refractivity contribution < 1.29 is 9.59 Å². The van der Waals surface area contributed by atoms with Gasteiger partial charge >= 0.3 is 0 Å². The summed E-state index contributed by atoms with van der Waals surface area (Å²) in [6.45, 7) is 6.59. The lowest BCUT2D eigenvalue weighted by atomic mass is 9.47. The highest BCUT2D eigenvalue weighted by Gasteiger charge is 2.61. The lowest BCUT2D eigenvalue weighted by Crippen LogP contribution is -2.59. The van der Waals surface area contributed by atoms with E-state index in [1.54, 1.807) is 0 Å². The number of fused-ring (bicyclic) bond motifs is 5. The van der Waals surface area contributed by atoms with Gasteiger partial charge in [0, 0.05) is 31.0 Å². The molecule has 0 aromatic carbocycles.